The van der Waals surface area contributed by atoms with E-state index in [1.165, 1.54) is 19.3 Å². The van der Waals surface area contributed by atoms with Gasteiger partial charge in [0, 0.05) is 43.2 Å². The lowest BCUT2D eigenvalue weighted by molar-refractivity contribution is -0.232. The van der Waals surface area contributed by atoms with Gasteiger partial charge in [0.05, 0.1) is 12.2 Å². The minimum Gasteiger partial charge on any atom is -0.377 e. The highest BCUT2D eigenvalue weighted by molar-refractivity contribution is 5.20. The smallest absolute Gasteiger partial charge is 0.0702 e. The molecule has 0 spiro atoms. The summed E-state index contributed by atoms with van der Waals surface area (Å²) < 4.78 is 11.8. The average Bonchev–Trinajstić information content (AvgIpc) is 2.99. The molecule has 3 fully saturated rings. The van der Waals surface area contributed by atoms with E-state index >= 15 is 0 Å². The topological polar surface area (TPSA) is 47.7 Å². The molecule has 0 aromatic rings. The molecule has 2 saturated heterocycles. The van der Waals surface area contributed by atoms with Crippen LogP contribution in [-0.4, -0.2) is 55.5 Å². The summed E-state index contributed by atoms with van der Waals surface area (Å²) in [7, 11) is 0. The van der Waals surface area contributed by atoms with Crippen LogP contribution in [0.1, 0.15) is 46.5 Å². The van der Waals surface area contributed by atoms with Crippen molar-refractivity contribution >= 4 is 0 Å². The maximum absolute atomic E-state index is 6.92. The second-order valence-electron chi connectivity index (χ2n) is 7.76. The zero-order valence-electron chi connectivity index (χ0n) is 13.9. The highest BCUT2D eigenvalue weighted by Crippen LogP contribution is 2.57. The van der Waals surface area contributed by atoms with Crippen molar-refractivity contribution in [1.82, 2.24) is 4.90 Å². The summed E-state index contributed by atoms with van der Waals surface area (Å²) in [5.41, 5.74) is 6.88. The van der Waals surface area contributed by atoms with Crippen LogP contribution in [0.5, 0.6) is 0 Å². The van der Waals surface area contributed by atoms with E-state index in [0.717, 1.165) is 39.3 Å². The van der Waals surface area contributed by atoms with Crippen molar-refractivity contribution in [3.8, 4) is 0 Å². The van der Waals surface area contributed by atoms with E-state index < -0.39 is 0 Å². The van der Waals surface area contributed by atoms with Crippen LogP contribution in [-0.2, 0) is 9.47 Å². The van der Waals surface area contributed by atoms with Gasteiger partial charge in [-0.05, 0) is 32.2 Å². The Kier molecular flexibility index (Phi) is 4.34. The molecule has 1 saturated carbocycles. The standard InChI is InChI=1S/C17H32N2O2/c1-4-19(11-13-7-5-9-20-13)12-17(18)14-8-6-10-21-15(14)16(17,2)3/h13-15H,4-12,18H2,1-3H3. The first-order valence-electron chi connectivity index (χ1n) is 8.73. The summed E-state index contributed by atoms with van der Waals surface area (Å²) in [5, 5.41) is 0. The van der Waals surface area contributed by atoms with E-state index in [1.807, 2.05) is 0 Å². The van der Waals surface area contributed by atoms with Crippen LogP contribution in [0, 0.1) is 11.3 Å². The van der Waals surface area contributed by atoms with E-state index in [4.69, 9.17) is 15.2 Å². The first kappa shape index (κ1) is 15.7. The molecule has 0 aromatic carbocycles. The summed E-state index contributed by atoms with van der Waals surface area (Å²) >= 11 is 0. The Morgan fingerprint density at radius 2 is 1.86 bits per heavy atom. The molecule has 2 N–H and O–H groups in total. The largest absolute Gasteiger partial charge is 0.377 e. The quantitative estimate of drug-likeness (QED) is 0.843. The van der Waals surface area contributed by atoms with Gasteiger partial charge in [0.1, 0.15) is 0 Å². The molecule has 4 unspecified atom stereocenters. The van der Waals surface area contributed by atoms with Gasteiger partial charge in [0.25, 0.3) is 0 Å². The van der Waals surface area contributed by atoms with Gasteiger partial charge in [-0.1, -0.05) is 20.8 Å². The van der Waals surface area contributed by atoms with Crippen LogP contribution in [0.3, 0.4) is 0 Å². The van der Waals surface area contributed by atoms with Crippen LogP contribution >= 0.6 is 0 Å². The van der Waals surface area contributed by atoms with Crippen molar-refractivity contribution in [3.63, 3.8) is 0 Å². The number of nitrogens with two attached hydrogens (primary N) is 1. The monoisotopic (exact) mass is 296 g/mol. The molecular formula is C17H32N2O2. The van der Waals surface area contributed by atoms with Crippen molar-refractivity contribution in [1.29, 1.82) is 0 Å². The van der Waals surface area contributed by atoms with Crippen LogP contribution in [0.2, 0.25) is 0 Å². The van der Waals surface area contributed by atoms with Gasteiger partial charge >= 0.3 is 0 Å². The maximum atomic E-state index is 6.92. The number of fused-ring (bicyclic) bond motifs is 1. The van der Waals surface area contributed by atoms with Crippen molar-refractivity contribution in [2.24, 2.45) is 17.1 Å². The third kappa shape index (κ3) is 2.54. The number of ether oxygens (including phenoxy) is 2. The molecule has 0 radical (unpaired) electrons. The fourth-order valence-corrected chi connectivity index (χ4v) is 4.74. The summed E-state index contributed by atoms with van der Waals surface area (Å²) in [5.74, 6) is 0.528. The summed E-state index contributed by atoms with van der Waals surface area (Å²) in [6, 6.07) is 0. The third-order valence-electron chi connectivity index (χ3n) is 6.31. The van der Waals surface area contributed by atoms with Gasteiger partial charge in [0.2, 0.25) is 0 Å². The Hall–Kier alpha value is -0.160. The van der Waals surface area contributed by atoms with Crippen LogP contribution < -0.4 is 5.73 Å². The lowest BCUT2D eigenvalue weighted by atomic mass is 9.46. The molecule has 0 bridgehead atoms. The summed E-state index contributed by atoms with van der Waals surface area (Å²) in [6.45, 7) is 11.7. The van der Waals surface area contributed by atoms with Gasteiger partial charge in [-0.25, -0.2) is 0 Å². The van der Waals surface area contributed by atoms with Crippen molar-refractivity contribution in [3.05, 3.63) is 0 Å². The molecule has 2 aliphatic heterocycles. The zero-order chi connectivity index (χ0) is 15.1. The molecule has 0 aromatic heterocycles. The average molecular weight is 296 g/mol. The minimum atomic E-state index is -0.118. The molecule has 21 heavy (non-hydrogen) atoms. The Morgan fingerprint density at radius 1 is 1.14 bits per heavy atom. The Balaban J connectivity index is 1.66. The van der Waals surface area contributed by atoms with E-state index in [9.17, 15) is 0 Å². The summed E-state index contributed by atoms with van der Waals surface area (Å²) in [6.07, 6.45) is 5.57. The van der Waals surface area contributed by atoms with E-state index in [2.05, 4.69) is 25.7 Å². The van der Waals surface area contributed by atoms with E-state index in [1.54, 1.807) is 0 Å². The Morgan fingerprint density at radius 3 is 2.52 bits per heavy atom. The Labute approximate surface area is 129 Å². The highest BCUT2D eigenvalue weighted by atomic mass is 16.5. The molecule has 0 amide bonds. The van der Waals surface area contributed by atoms with Crippen molar-refractivity contribution in [2.45, 2.75) is 64.2 Å². The van der Waals surface area contributed by atoms with Crippen LogP contribution in [0.25, 0.3) is 0 Å². The SMILES string of the molecule is CCN(CC1CCCO1)CC1(N)C2CCCOC2C1(C)C. The predicted molar refractivity (Wildman–Crippen MR) is 84.3 cm³/mol. The maximum Gasteiger partial charge on any atom is 0.0702 e. The van der Waals surface area contributed by atoms with Crippen LogP contribution in [0.4, 0.5) is 0 Å². The number of likely N-dealkylation sites (N-methyl/N-ethyl adjacent to an activating group) is 1. The molecule has 2 heterocycles. The second-order valence-corrected chi connectivity index (χ2v) is 7.76. The number of hydrogen-bond acceptors (Lipinski definition) is 4. The van der Waals surface area contributed by atoms with Gasteiger partial charge in [-0.2, -0.15) is 0 Å². The first-order chi connectivity index (χ1) is 9.99. The highest BCUT2D eigenvalue weighted by Gasteiger charge is 2.66. The first-order valence-corrected chi connectivity index (χ1v) is 8.73. The molecule has 122 valence electrons. The van der Waals surface area contributed by atoms with E-state index in [-0.39, 0.29) is 11.0 Å². The van der Waals surface area contributed by atoms with Gasteiger partial charge in [-0.15, -0.1) is 0 Å². The fraction of sp³-hybridized carbons (Fsp3) is 1.00. The number of rotatable bonds is 5. The van der Waals surface area contributed by atoms with E-state index in [0.29, 0.717) is 18.1 Å². The molecule has 3 rings (SSSR count). The van der Waals surface area contributed by atoms with Gasteiger partial charge in [-0.3, -0.25) is 4.90 Å². The lowest BCUT2D eigenvalue weighted by Gasteiger charge is -2.67. The summed E-state index contributed by atoms with van der Waals surface area (Å²) in [4.78, 5) is 2.50. The lowest BCUT2D eigenvalue weighted by Crippen LogP contribution is -2.80. The molecule has 4 heteroatoms. The van der Waals surface area contributed by atoms with Crippen molar-refractivity contribution < 1.29 is 9.47 Å². The number of hydrogen-bond donors (Lipinski definition) is 1. The molecular weight excluding hydrogens is 264 g/mol. The van der Waals surface area contributed by atoms with Crippen LogP contribution in [0.15, 0.2) is 0 Å². The molecule has 4 nitrogen and oxygen atoms in total. The zero-order valence-corrected chi connectivity index (χ0v) is 13.9. The molecule has 1 aliphatic carbocycles. The fourth-order valence-electron chi connectivity index (χ4n) is 4.74. The van der Waals surface area contributed by atoms with Gasteiger partial charge < -0.3 is 15.2 Å². The van der Waals surface area contributed by atoms with Crippen molar-refractivity contribution in [2.75, 3.05) is 32.8 Å². The normalized spacial score (nSPS) is 41.9. The third-order valence-corrected chi connectivity index (χ3v) is 6.31. The van der Waals surface area contributed by atoms with Gasteiger partial charge in [0.15, 0.2) is 0 Å². The molecule has 3 aliphatic rings. The molecule has 4 atom stereocenters. The second kappa shape index (κ2) is 5.80. The minimum absolute atomic E-state index is 0.0715. The predicted octanol–water partition coefficient (Wildman–Crippen LogP) is 2.02. The Bertz CT molecular complexity index is 368. The number of nitrogens with zero attached hydrogens (tertiary/aromatic N) is 1.